The minimum Gasteiger partial charge on any atom is -0.492 e. The van der Waals surface area contributed by atoms with Crippen molar-refractivity contribution in [1.29, 1.82) is 0 Å². The van der Waals surface area contributed by atoms with Gasteiger partial charge in [0.2, 0.25) is 5.91 Å². The molecule has 0 spiro atoms. The molecular weight excluding hydrogens is 432 g/mol. The maximum absolute atomic E-state index is 12.5. The van der Waals surface area contributed by atoms with Crippen LogP contribution in [0.4, 0.5) is 11.4 Å². The minimum absolute atomic E-state index is 0.152. The van der Waals surface area contributed by atoms with Gasteiger partial charge in [-0.2, -0.15) is 0 Å². The zero-order valence-electron chi connectivity index (χ0n) is 17.3. The lowest BCUT2D eigenvalue weighted by molar-refractivity contribution is -0.113. The number of ether oxygens (including phenoxy) is 1. The first-order valence-corrected chi connectivity index (χ1v) is 12.2. The van der Waals surface area contributed by atoms with E-state index in [1.54, 1.807) is 54.6 Å². The molecule has 1 amide bonds. The third kappa shape index (κ3) is 6.50. The fourth-order valence-corrected chi connectivity index (χ4v) is 4.49. The quantitative estimate of drug-likeness (QED) is 0.446. The van der Waals surface area contributed by atoms with Gasteiger partial charge in [-0.25, -0.2) is 8.42 Å². The lowest BCUT2D eigenvalue weighted by Gasteiger charge is -2.11. The van der Waals surface area contributed by atoms with E-state index in [1.807, 2.05) is 32.0 Å². The Balaban J connectivity index is 1.56. The zero-order chi connectivity index (χ0) is 22.3. The van der Waals surface area contributed by atoms with Crippen molar-refractivity contribution in [1.82, 2.24) is 0 Å². The van der Waals surface area contributed by atoms with Crippen molar-refractivity contribution in [3.05, 3.63) is 78.4 Å². The van der Waals surface area contributed by atoms with Crippen LogP contribution < -0.4 is 14.8 Å². The molecule has 3 aromatic rings. The molecule has 0 aliphatic rings. The molecule has 3 rings (SSSR count). The van der Waals surface area contributed by atoms with E-state index in [4.69, 9.17) is 4.74 Å². The summed E-state index contributed by atoms with van der Waals surface area (Å²) < 4.78 is 33.0. The molecule has 0 saturated carbocycles. The van der Waals surface area contributed by atoms with Crippen LogP contribution in [0.2, 0.25) is 0 Å². The molecule has 0 atom stereocenters. The average Bonchev–Trinajstić information content (AvgIpc) is 2.75. The number of carbonyl (C=O) groups excluding carboxylic acids is 1. The highest BCUT2D eigenvalue weighted by molar-refractivity contribution is 8.00. The van der Waals surface area contributed by atoms with Gasteiger partial charge in [-0.05, 0) is 62.4 Å². The summed E-state index contributed by atoms with van der Waals surface area (Å²) in [5.41, 5.74) is 2.08. The summed E-state index contributed by atoms with van der Waals surface area (Å²) in [5, 5.41) is 2.85. The second-order valence-electron chi connectivity index (χ2n) is 6.71. The van der Waals surface area contributed by atoms with Gasteiger partial charge >= 0.3 is 0 Å². The molecule has 0 unspecified atom stereocenters. The molecule has 162 valence electrons. The third-order valence-electron chi connectivity index (χ3n) is 4.27. The van der Waals surface area contributed by atoms with Gasteiger partial charge in [-0.1, -0.05) is 29.8 Å². The third-order valence-corrected chi connectivity index (χ3v) is 6.68. The van der Waals surface area contributed by atoms with Crippen molar-refractivity contribution in [2.24, 2.45) is 0 Å². The number of amides is 1. The Labute approximate surface area is 187 Å². The van der Waals surface area contributed by atoms with Crippen LogP contribution in [0.1, 0.15) is 12.5 Å². The number of rotatable bonds is 9. The first kappa shape index (κ1) is 22.7. The normalized spacial score (nSPS) is 11.0. The first-order valence-electron chi connectivity index (χ1n) is 9.71. The predicted molar refractivity (Wildman–Crippen MR) is 125 cm³/mol. The minimum atomic E-state index is -3.64. The second-order valence-corrected chi connectivity index (χ2v) is 9.44. The van der Waals surface area contributed by atoms with Crippen LogP contribution in [-0.2, 0) is 14.8 Å². The molecule has 0 saturated heterocycles. The summed E-state index contributed by atoms with van der Waals surface area (Å²) in [6, 6.07) is 20.9. The number of hydrogen-bond acceptors (Lipinski definition) is 5. The fourth-order valence-electron chi connectivity index (χ4n) is 2.74. The van der Waals surface area contributed by atoms with E-state index in [9.17, 15) is 13.2 Å². The van der Waals surface area contributed by atoms with Gasteiger partial charge in [-0.3, -0.25) is 9.52 Å². The summed E-state index contributed by atoms with van der Waals surface area (Å²) in [4.78, 5) is 13.4. The monoisotopic (exact) mass is 456 g/mol. The Morgan fingerprint density at radius 2 is 1.65 bits per heavy atom. The molecule has 3 aromatic carbocycles. The summed E-state index contributed by atoms with van der Waals surface area (Å²) in [6.07, 6.45) is 0. The van der Waals surface area contributed by atoms with Crippen LogP contribution in [0.3, 0.4) is 0 Å². The number of carbonyl (C=O) groups is 1. The second kappa shape index (κ2) is 10.4. The molecule has 0 aliphatic heterocycles. The molecule has 0 fully saturated rings. The smallest absolute Gasteiger partial charge is 0.261 e. The summed E-state index contributed by atoms with van der Waals surface area (Å²) >= 11 is 1.36. The van der Waals surface area contributed by atoms with Crippen molar-refractivity contribution in [3.8, 4) is 5.75 Å². The highest BCUT2D eigenvalue weighted by Gasteiger charge is 2.14. The fraction of sp³-hybridized carbons (Fsp3) is 0.174. The standard InChI is InChI=1S/C23H24N2O4S2/c1-3-29-22-7-5-4-6-21(22)24-23(26)16-30-19-12-10-18(11-13-19)25-31(27,28)20-14-8-17(2)9-15-20/h4-15,25H,3,16H2,1-2H3,(H,24,26). The Hall–Kier alpha value is -2.97. The molecule has 0 bridgehead atoms. The maximum Gasteiger partial charge on any atom is 0.261 e. The molecule has 31 heavy (non-hydrogen) atoms. The van der Waals surface area contributed by atoms with Crippen molar-refractivity contribution in [2.75, 3.05) is 22.4 Å². The molecule has 2 N–H and O–H groups in total. The largest absolute Gasteiger partial charge is 0.492 e. The molecule has 0 radical (unpaired) electrons. The van der Waals surface area contributed by atoms with E-state index in [1.165, 1.54) is 11.8 Å². The van der Waals surface area contributed by atoms with E-state index in [-0.39, 0.29) is 16.6 Å². The molecule has 8 heteroatoms. The van der Waals surface area contributed by atoms with Crippen LogP contribution in [0.15, 0.2) is 82.6 Å². The van der Waals surface area contributed by atoms with Crippen LogP contribution in [0.25, 0.3) is 0 Å². The predicted octanol–water partition coefficient (Wildman–Crippen LogP) is 4.93. The molecule has 0 aromatic heterocycles. The Bertz CT molecular complexity index is 1130. The van der Waals surface area contributed by atoms with Crippen molar-refractivity contribution in [2.45, 2.75) is 23.6 Å². The first-order chi connectivity index (χ1) is 14.9. The molecular formula is C23H24N2O4S2. The van der Waals surface area contributed by atoms with Crippen LogP contribution in [-0.4, -0.2) is 26.7 Å². The van der Waals surface area contributed by atoms with E-state index in [0.29, 0.717) is 23.7 Å². The van der Waals surface area contributed by atoms with Crippen molar-refractivity contribution >= 4 is 39.1 Å². The molecule has 6 nitrogen and oxygen atoms in total. The number of benzene rings is 3. The van der Waals surface area contributed by atoms with Crippen LogP contribution in [0, 0.1) is 6.92 Å². The number of anilines is 2. The summed E-state index contributed by atoms with van der Waals surface area (Å²) in [6.45, 7) is 4.30. The van der Waals surface area contributed by atoms with Gasteiger partial charge in [0.15, 0.2) is 0 Å². The van der Waals surface area contributed by atoms with Gasteiger partial charge in [-0.15, -0.1) is 11.8 Å². The van der Waals surface area contributed by atoms with E-state index in [2.05, 4.69) is 10.0 Å². The van der Waals surface area contributed by atoms with Gasteiger partial charge in [0.25, 0.3) is 10.0 Å². The van der Waals surface area contributed by atoms with Gasteiger partial charge in [0.1, 0.15) is 5.75 Å². The number of sulfonamides is 1. The molecule has 0 heterocycles. The van der Waals surface area contributed by atoms with Gasteiger partial charge in [0, 0.05) is 10.6 Å². The zero-order valence-corrected chi connectivity index (χ0v) is 18.9. The van der Waals surface area contributed by atoms with Gasteiger partial charge in [0.05, 0.1) is 22.9 Å². The number of nitrogens with one attached hydrogen (secondary N) is 2. The van der Waals surface area contributed by atoms with Crippen molar-refractivity contribution in [3.63, 3.8) is 0 Å². The average molecular weight is 457 g/mol. The lowest BCUT2D eigenvalue weighted by atomic mass is 10.2. The highest BCUT2D eigenvalue weighted by atomic mass is 32.2. The SMILES string of the molecule is CCOc1ccccc1NC(=O)CSc1ccc(NS(=O)(=O)c2ccc(C)cc2)cc1. The van der Waals surface area contributed by atoms with E-state index < -0.39 is 10.0 Å². The number of thioether (sulfide) groups is 1. The van der Waals surface area contributed by atoms with Gasteiger partial charge < -0.3 is 10.1 Å². The highest BCUT2D eigenvalue weighted by Crippen LogP contribution is 2.25. The summed E-state index contributed by atoms with van der Waals surface area (Å²) in [5.74, 6) is 0.699. The Kier molecular flexibility index (Phi) is 7.59. The van der Waals surface area contributed by atoms with Crippen LogP contribution in [0.5, 0.6) is 5.75 Å². The topological polar surface area (TPSA) is 84.5 Å². The number of hydrogen-bond donors (Lipinski definition) is 2. The maximum atomic E-state index is 12.5. The van der Waals surface area contributed by atoms with Crippen molar-refractivity contribution < 1.29 is 17.9 Å². The van der Waals surface area contributed by atoms with E-state index >= 15 is 0 Å². The van der Waals surface area contributed by atoms with Crippen LogP contribution >= 0.6 is 11.8 Å². The number of para-hydroxylation sites is 2. The summed E-state index contributed by atoms with van der Waals surface area (Å²) in [7, 11) is -3.64. The lowest BCUT2D eigenvalue weighted by Crippen LogP contribution is -2.15. The number of aryl methyl sites for hydroxylation is 1. The Morgan fingerprint density at radius 1 is 0.968 bits per heavy atom. The Morgan fingerprint density at radius 3 is 2.32 bits per heavy atom. The molecule has 0 aliphatic carbocycles. The van der Waals surface area contributed by atoms with E-state index in [0.717, 1.165) is 10.5 Å².